The average Bonchev–Trinajstić information content (AvgIpc) is 1.99. The lowest BCUT2D eigenvalue weighted by molar-refractivity contribution is -0.130. The lowest BCUT2D eigenvalue weighted by atomic mass is 10.0. The molecule has 1 rings (SSSR count). The third-order valence-electron chi connectivity index (χ3n) is 2.87. The van der Waals surface area contributed by atoms with E-state index in [2.05, 4.69) is 32.6 Å². The number of rotatable bonds is 4. The standard InChI is InChI=1S/C12H26N2O/c1-10(5-6-13)7-14-8-11(2)15-12(3,4)9-14/h10-11H,5-9,13H2,1-4H3. The summed E-state index contributed by atoms with van der Waals surface area (Å²) in [7, 11) is 0. The minimum Gasteiger partial charge on any atom is -0.370 e. The Labute approximate surface area is 94.0 Å². The van der Waals surface area contributed by atoms with Crippen LogP contribution in [0.5, 0.6) is 0 Å². The van der Waals surface area contributed by atoms with Crippen LogP contribution in [0.15, 0.2) is 0 Å². The van der Waals surface area contributed by atoms with Crippen LogP contribution >= 0.6 is 0 Å². The van der Waals surface area contributed by atoms with E-state index in [-0.39, 0.29) is 5.60 Å². The highest BCUT2D eigenvalue weighted by molar-refractivity contribution is 4.83. The van der Waals surface area contributed by atoms with E-state index in [1.165, 1.54) is 0 Å². The zero-order valence-corrected chi connectivity index (χ0v) is 10.6. The molecule has 0 amide bonds. The van der Waals surface area contributed by atoms with Gasteiger partial charge >= 0.3 is 0 Å². The van der Waals surface area contributed by atoms with Gasteiger partial charge in [-0.05, 0) is 39.7 Å². The first-order valence-corrected chi connectivity index (χ1v) is 6.03. The third kappa shape index (κ3) is 4.49. The van der Waals surface area contributed by atoms with Crippen LogP contribution in [0.2, 0.25) is 0 Å². The molecule has 1 fully saturated rings. The van der Waals surface area contributed by atoms with Gasteiger partial charge in [0.15, 0.2) is 0 Å². The summed E-state index contributed by atoms with van der Waals surface area (Å²) in [6.45, 7) is 12.8. The van der Waals surface area contributed by atoms with Gasteiger partial charge in [-0.3, -0.25) is 4.90 Å². The average molecular weight is 214 g/mol. The zero-order valence-electron chi connectivity index (χ0n) is 10.6. The Balaban J connectivity index is 2.41. The maximum Gasteiger partial charge on any atom is 0.0757 e. The number of hydrogen-bond acceptors (Lipinski definition) is 3. The maximum atomic E-state index is 5.88. The number of hydrogen-bond donors (Lipinski definition) is 1. The molecule has 15 heavy (non-hydrogen) atoms. The van der Waals surface area contributed by atoms with E-state index in [0.717, 1.165) is 32.6 Å². The highest BCUT2D eigenvalue weighted by Gasteiger charge is 2.31. The van der Waals surface area contributed by atoms with Gasteiger partial charge in [0.1, 0.15) is 0 Å². The molecule has 90 valence electrons. The molecule has 0 aliphatic carbocycles. The normalized spacial score (nSPS) is 29.0. The smallest absolute Gasteiger partial charge is 0.0757 e. The fraction of sp³-hybridized carbons (Fsp3) is 1.00. The van der Waals surface area contributed by atoms with E-state index in [0.29, 0.717) is 12.0 Å². The summed E-state index contributed by atoms with van der Waals surface area (Å²) >= 11 is 0. The zero-order chi connectivity index (χ0) is 11.5. The first-order chi connectivity index (χ1) is 6.93. The van der Waals surface area contributed by atoms with E-state index in [1.807, 2.05) is 0 Å². The van der Waals surface area contributed by atoms with E-state index in [4.69, 9.17) is 10.5 Å². The van der Waals surface area contributed by atoms with Crippen LogP contribution in [-0.2, 0) is 4.74 Å². The van der Waals surface area contributed by atoms with Crippen molar-refractivity contribution in [2.45, 2.75) is 45.8 Å². The van der Waals surface area contributed by atoms with Crippen LogP contribution in [-0.4, -0.2) is 42.8 Å². The lowest BCUT2D eigenvalue weighted by Crippen LogP contribution is -2.52. The van der Waals surface area contributed by atoms with Crippen LogP contribution in [0, 0.1) is 5.92 Å². The second kappa shape index (κ2) is 5.28. The molecule has 1 aliphatic rings. The minimum atomic E-state index is 0.000101. The fourth-order valence-electron chi connectivity index (χ4n) is 2.54. The summed E-state index contributed by atoms with van der Waals surface area (Å²) in [5.74, 6) is 0.691. The molecular weight excluding hydrogens is 188 g/mol. The Bertz CT molecular complexity index is 194. The molecule has 3 heteroatoms. The number of ether oxygens (including phenoxy) is 1. The van der Waals surface area contributed by atoms with Crippen LogP contribution in [0.3, 0.4) is 0 Å². The molecule has 3 nitrogen and oxygen atoms in total. The van der Waals surface area contributed by atoms with E-state index >= 15 is 0 Å². The molecule has 2 unspecified atom stereocenters. The summed E-state index contributed by atoms with van der Waals surface area (Å²) in [5.41, 5.74) is 5.57. The van der Waals surface area contributed by atoms with E-state index < -0.39 is 0 Å². The molecule has 2 N–H and O–H groups in total. The van der Waals surface area contributed by atoms with Gasteiger partial charge in [-0.25, -0.2) is 0 Å². The molecule has 1 heterocycles. The fourth-order valence-corrected chi connectivity index (χ4v) is 2.54. The Morgan fingerprint density at radius 2 is 2.20 bits per heavy atom. The molecular formula is C12H26N2O. The van der Waals surface area contributed by atoms with Gasteiger partial charge in [-0.2, -0.15) is 0 Å². The molecule has 0 radical (unpaired) electrons. The number of nitrogens with zero attached hydrogens (tertiary/aromatic N) is 1. The van der Waals surface area contributed by atoms with Crippen molar-refractivity contribution < 1.29 is 4.74 Å². The first kappa shape index (κ1) is 12.9. The van der Waals surface area contributed by atoms with Gasteiger partial charge in [0.2, 0.25) is 0 Å². The van der Waals surface area contributed by atoms with Crippen LogP contribution in [0.1, 0.15) is 34.1 Å². The molecule has 2 atom stereocenters. The Morgan fingerprint density at radius 1 is 1.53 bits per heavy atom. The van der Waals surface area contributed by atoms with Gasteiger partial charge in [-0.1, -0.05) is 6.92 Å². The molecule has 1 aliphatic heterocycles. The predicted octanol–water partition coefficient (Wildman–Crippen LogP) is 1.47. The topological polar surface area (TPSA) is 38.5 Å². The lowest BCUT2D eigenvalue weighted by Gasteiger charge is -2.42. The number of morpholine rings is 1. The molecule has 0 aromatic heterocycles. The Hall–Kier alpha value is -0.120. The van der Waals surface area contributed by atoms with Crippen molar-refractivity contribution in [1.29, 1.82) is 0 Å². The van der Waals surface area contributed by atoms with E-state index in [9.17, 15) is 0 Å². The predicted molar refractivity (Wildman–Crippen MR) is 63.9 cm³/mol. The largest absolute Gasteiger partial charge is 0.370 e. The van der Waals surface area contributed by atoms with Crippen molar-refractivity contribution >= 4 is 0 Å². The van der Waals surface area contributed by atoms with Crippen molar-refractivity contribution in [3.63, 3.8) is 0 Å². The van der Waals surface area contributed by atoms with Gasteiger partial charge in [0, 0.05) is 19.6 Å². The molecule has 0 aromatic carbocycles. The van der Waals surface area contributed by atoms with Crippen molar-refractivity contribution in [2.24, 2.45) is 11.7 Å². The van der Waals surface area contributed by atoms with Crippen molar-refractivity contribution in [3.8, 4) is 0 Å². The summed E-state index contributed by atoms with van der Waals surface area (Å²) in [5, 5.41) is 0. The minimum absolute atomic E-state index is 0.000101. The summed E-state index contributed by atoms with van der Waals surface area (Å²) in [4.78, 5) is 2.51. The van der Waals surface area contributed by atoms with Gasteiger partial charge < -0.3 is 10.5 Å². The van der Waals surface area contributed by atoms with Crippen molar-refractivity contribution in [2.75, 3.05) is 26.2 Å². The Kier molecular flexibility index (Phi) is 4.56. The highest BCUT2D eigenvalue weighted by atomic mass is 16.5. The second-order valence-electron chi connectivity index (χ2n) is 5.56. The van der Waals surface area contributed by atoms with Crippen LogP contribution in [0.25, 0.3) is 0 Å². The molecule has 0 aromatic rings. The van der Waals surface area contributed by atoms with Crippen LogP contribution in [0.4, 0.5) is 0 Å². The van der Waals surface area contributed by atoms with Crippen molar-refractivity contribution in [1.82, 2.24) is 4.90 Å². The maximum absolute atomic E-state index is 5.88. The molecule has 0 bridgehead atoms. The van der Waals surface area contributed by atoms with E-state index in [1.54, 1.807) is 0 Å². The number of nitrogens with two attached hydrogens (primary N) is 1. The van der Waals surface area contributed by atoms with Crippen LogP contribution < -0.4 is 5.73 Å². The van der Waals surface area contributed by atoms with Gasteiger partial charge in [0.25, 0.3) is 0 Å². The van der Waals surface area contributed by atoms with Crippen molar-refractivity contribution in [3.05, 3.63) is 0 Å². The highest BCUT2D eigenvalue weighted by Crippen LogP contribution is 2.21. The second-order valence-corrected chi connectivity index (χ2v) is 5.56. The van der Waals surface area contributed by atoms with Gasteiger partial charge in [0.05, 0.1) is 11.7 Å². The third-order valence-corrected chi connectivity index (χ3v) is 2.87. The molecule has 1 saturated heterocycles. The SMILES string of the molecule is CC(CCN)CN1CC(C)OC(C)(C)C1. The monoisotopic (exact) mass is 214 g/mol. The summed E-state index contributed by atoms with van der Waals surface area (Å²) < 4.78 is 5.88. The van der Waals surface area contributed by atoms with Gasteiger partial charge in [-0.15, -0.1) is 0 Å². The molecule has 0 spiro atoms. The quantitative estimate of drug-likeness (QED) is 0.770. The summed E-state index contributed by atoms with van der Waals surface area (Å²) in [6, 6.07) is 0. The Morgan fingerprint density at radius 3 is 2.73 bits per heavy atom. The first-order valence-electron chi connectivity index (χ1n) is 6.03. The molecule has 0 saturated carbocycles. The summed E-state index contributed by atoms with van der Waals surface area (Å²) in [6.07, 6.45) is 1.46.